The normalized spacial score (nSPS) is 15.5. The third kappa shape index (κ3) is 6.55. The molecule has 1 heterocycles. The van der Waals surface area contributed by atoms with Gasteiger partial charge in [-0.15, -0.1) is 0 Å². The fourth-order valence-electron chi connectivity index (χ4n) is 3.44. The van der Waals surface area contributed by atoms with Gasteiger partial charge in [0.05, 0.1) is 32.8 Å². The van der Waals surface area contributed by atoms with E-state index in [2.05, 4.69) is 4.99 Å². The van der Waals surface area contributed by atoms with Crippen LogP contribution in [-0.4, -0.2) is 35.6 Å². The van der Waals surface area contributed by atoms with Crippen molar-refractivity contribution in [2.45, 2.75) is 20.5 Å². The van der Waals surface area contributed by atoms with Crippen LogP contribution < -0.4 is 4.74 Å². The van der Waals surface area contributed by atoms with Gasteiger partial charge in [-0.25, -0.2) is 9.79 Å². The first kappa shape index (κ1) is 26.8. The molecule has 0 spiro atoms. The van der Waals surface area contributed by atoms with Crippen LogP contribution in [0.5, 0.6) is 5.75 Å². The highest BCUT2D eigenvalue weighted by Crippen LogP contribution is 2.38. The third-order valence-electron chi connectivity index (χ3n) is 5.43. The monoisotopic (exact) mass is 554 g/mol. The summed E-state index contributed by atoms with van der Waals surface area (Å²) >= 11 is 14.2. The lowest BCUT2D eigenvalue weighted by molar-refractivity contribution is -0.121. The van der Waals surface area contributed by atoms with Gasteiger partial charge in [0.15, 0.2) is 10.9 Å². The predicted octanol–water partition coefficient (Wildman–Crippen LogP) is 7.29. The van der Waals surface area contributed by atoms with Gasteiger partial charge in [0.2, 0.25) is 0 Å². The molecule has 1 aliphatic heterocycles. The van der Waals surface area contributed by atoms with Crippen molar-refractivity contribution in [3.05, 3.63) is 97.9 Å². The van der Waals surface area contributed by atoms with Crippen LogP contribution in [0.1, 0.15) is 34.0 Å². The Labute approximate surface area is 229 Å². The van der Waals surface area contributed by atoms with Gasteiger partial charge in [-0.05, 0) is 79.2 Å². The molecule has 4 rings (SSSR count). The van der Waals surface area contributed by atoms with Gasteiger partial charge >= 0.3 is 5.97 Å². The third-order valence-corrected chi connectivity index (χ3v) is 7.05. The van der Waals surface area contributed by atoms with E-state index >= 15 is 0 Å². The van der Waals surface area contributed by atoms with E-state index in [1.54, 1.807) is 56.4 Å². The van der Waals surface area contributed by atoms with Crippen molar-refractivity contribution in [3.63, 3.8) is 0 Å². The maximum atomic E-state index is 12.8. The number of aliphatic imine (C=N–C) groups is 1. The van der Waals surface area contributed by atoms with Crippen molar-refractivity contribution in [2.75, 3.05) is 13.7 Å². The van der Waals surface area contributed by atoms with Crippen LogP contribution in [0.25, 0.3) is 6.08 Å². The van der Waals surface area contributed by atoms with E-state index in [1.165, 1.54) is 22.2 Å². The molecule has 1 amide bonds. The average Bonchev–Trinajstić information content (AvgIpc) is 3.12. The molecule has 0 aromatic heterocycles. The first-order chi connectivity index (χ1) is 17.7. The lowest BCUT2D eigenvalue weighted by Crippen LogP contribution is -2.23. The fraction of sp³-hybridized carbons (Fsp3) is 0.179. The highest BCUT2D eigenvalue weighted by molar-refractivity contribution is 8.18. The number of amidine groups is 1. The molecule has 190 valence electrons. The molecule has 9 heteroatoms. The molecule has 0 radical (unpaired) electrons. The Bertz CT molecular complexity index is 1360. The van der Waals surface area contributed by atoms with Crippen LogP contribution in [0.4, 0.5) is 5.69 Å². The Morgan fingerprint density at radius 1 is 1.05 bits per heavy atom. The lowest BCUT2D eigenvalue weighted by Gasteiger charge is -2.11. The summed E-state index contributed by atoms with van der Waals surface area (Å²) in [6.45, 7) is 4.42. The zero-order valence-corrected chi connectivity index (χ0v) is 22.8. The molecule has 0 N–H and O–H groups in total. The Hall–Kier alpha value is -3.26. The van der Waals surface area contributed by atoms with E-state index in [0.717, 1.165) is 5.56 Å². The van der Waals surface area contributed by atoms with Gasteiger partial charge < -0.3 is 9.47 Å². The zero-order valence-electron chi connectivity index (χ0n) is 20.5. The Kier molecular flexibility index (Phi) is 8.59. The molecule has 1 fully saturated rings. The summed E-state index contributed by atoms with van der Waals surface area (Å²) in [7, 11) is 1.66. The van der Waals surface area contributed by atoms with Crippen molar-refractivity contribution in [2.24, 2.45) is 4.99 Å². The molecule has 3 aromatic carbocycles. The van der Waals surface area contributed by atoms with E-state index in [4.69, 9.17) is 32.7 Å². The van der Waals surface area contributed by atoms with Crippen LogP contribution in [0, 0.1) is 6.92 Å². The minimum absolute atomic E-state index is 0.196. The van der Waals surface area contributed by atoms with Gasteiger partial charge in [-0.1, -0.05) is 53.0 Å². The number of ether oxygens (including phenoxy) is 2. The average molecular weight is 555 g/mol. The molecular formula is C28H24Cl2N2O4S. The predicted molar refractivity (Wildman–Crippen MR) is 150 cm³/mol. The summed E-state index contributed by atoms with van der Waals surface area (Å²) in [5, 5.41) is 1.21. The van der Waals surface area contributed by atoms with Crippen LogP contribution in [0.15, 0.2) is 70.6 Å². The van der Waals surface area contributed by atoms with Crippen LogP contribution in [-0.2, 0) is 16.1 Å². The Morgan fingerprint density at radius 2 is 1.70 bits per heavy atom. The number of amides is 1. The highest BCUT2D eigenvalue weighted by atomic mass is 35.5. The quantitative estimate of drug-likeness (QED) is 0.226. The second-order valence-corrected chi connectivity index (χ2v) is 10.0. The van der Waals surface area contributed by atoms with Gasteiger partial charge in [-0.3, -0.25) is 9.69 Å². The van der Waals surface area contributed by atoms with Crippen molar-refractivity contribution in [3.8, 4) is 5.75 Å². The molecular weight excluding hydrogens is 531 g/mol. The van der Waals surface area contributed by atoms with E-state index < -0.39 is 5.97 Å². The summed E-state index contributed by atoms with van der Waals surface area (Å²) in [5.41, 5.74) is 3.89. The van der Waals surface area contributed by atoms with E-state index in [-0.39, 0.29) is 5.91 Å². The number of nitrogens with zero attached hydrogens (tertiary/aromatic N) is 2. The summed E-state index contributed by atoms with van der Waals surface area (Å²) in [5.74, 6) is -0.195. The molecule has 3 aromatic rings. The van der Waals surface area contributed by atoms with Crippen LogP contribution in [0.2, 0.25) is 10.0 Å². The maximum absolute atomic E-state index is 12.8. The first-order valence-electron chi connectivity index (χ1n) is 11.5. The number of rotatable bonds is 7. The summed E-state index contributed by atoms with van der Waals surface area (Å²) in [6, 6.07) is 18.1. The summed E-state index contributed by atoms with van der Waals surface area (Å²) < 4.78 is 10.9. The molecule has 0 aliphatic carbocycles. The number of aryl methyl sites for hydroxylation is 1. The number of thioether (sulfide) groups is 1. The highest BCUT2D eigenvalue weighted by Gasteiger charge is 2.30. The topological polar surface area (TPSA) is 68.2 Å². The molecule has 1 aliphatic rings. The molecule has 0 atom stereocenters. The van der Waals surface area contributed by atoms with Crippen LogP contribution >= 0.6 is 35.0 Å². The van der Waals surface area contributed by atoms with E-state index in [0.29, 0.717) is 55.9 Å². The second-order valence-electron chi connectivity index (χ2n) is 8.22. The molecule has 37 heavy (non-hydrogen) atoms. The van der Waals surface area contributed by atoms with Crippen molar-refractivity contribution in [1.29, 1.82) is 0 Å². The van der Waals surface area contributed by atoms with Crippen molar-refractivity contribution in [1.82, 2.24) is 4.90 Å². The number of carbonyl (C=O) groups is 2. The zero-order chi connectivity index (χ0) is 26.5. The van der Waals surface area contributed by atoms with Gasteiger partial charge in [0.25, 0.3) is 5.91 Å². The Balaban J connectivity index is 1.49. The minimum Gasteiger partial charge on any atom is -0.486 e. The van der Waals surface area contributed by atoms with E-state index in [1.807, 2.05) is 31.2 Å². The van der Waals surface area contributed by atoms with E-state index in [9.17, 15) is 9.59 Å². The van der Waals surface area contributed by atoms with Gasteiger partial charge in [0.1, 0.15) is 6.61 Å². The van der Waals surface area contributed by atoms with Gasteiger partial charge in [0, 0.05) is 7.05 Å². The number of likely N-dealkylation sites (N-methyl/N-ethyl adjacent to an activating group) is 1. The number of esters is 1. The number of benzene rings is 3. The summed E-state index contributed by atoms with van der Waals surface area (Å²) in [6.07, 6.45) is 1.72. The largest absolute Gasteiger partial charge is 0.486 e. The molecule has 0 bridgehead atoms. The first-order valence-corrected chi connectivity index (χ1v) is 13.0. The molecule has 6 nitrogen and oxygen atoms in total. The van der Waals surface area contributed by atoms with Crippen molar-refractivity contribution < 1.29 is 19.1 Å². The minimum atomic E-state index is -0.390. The Morgan fingerprint density at radius 3 is 2.32 bits per heavy atom. The second kappa shape index (κ2) is 11.9. The number of hydrogen-bond donors (Lipinski definition) is 0. The smallest absolute Gasteiger partial charge is 0.338 e. The molecule has 0 unspecified atom stereocenters. The number of hydrogen-bond acceptors (Lipinski definition) is 6. The van der Waals surface area contributed by atoms with Crippen molar-refractivity contribution >= 4 is 63.8 Å². The summed E-state index contributed by atoms with van der Waals surface area (Å²) in [4.78, 5) is 31.2. The fourth-order valence-corrected chi connectivity index (χ4v) is 5.04. The van der Waals surface area contributed by atoms with Crippen LogP contribution in [0.3, 0.4) is 0 Å². The lowest BCUT2D eigenvalue weighted by atomic mass is 10.1. The standard InChI is InChI=1S/C28H24Cl2N2O4S/c1-4-35-27(34)20-9-11-21(12-10-20)31-28-32(3)26(33)24(37-28)15-19-13-22(29)25(23(30)14-19)36-16-18-7-5-17(2)6-8-18/h5-15H,4,16H2,1-3H3/b24-15-,31-28?. The molecule has 1 saturated heterocycles. The van der Waals surface area contributed by atoms with Gasteiger partial charge in [-0.2, -0.15) is 0 Å². The molecule has 0 saturated carbocycles. The number of carbonyl (C=O) groups excluding carboxylic acids is 2. The maximum Gasteiger partial charge on any atom is 0.338 e. The number of halogens is 2. The SMILES string of the molecule is CCOC(=O)c1ccc(N=C2S/C(=C\c3cc(Cl)c(OCc4ccc(C)cc4)c(Cl)c3)C(=O)N2C)cc1.